The molecule has 2 saturated heterocycles. The maximum absolute atomic E-state index is 15.3. The first-order chi connectivity index (χ1) is 28.3. The number of fused-ring (bicyclic) bond motifs is 6. The van der Waals surface area contributed by atoms with Crippen molar-refractivity contribution >= 4 is 34.5 Å². The molecule has 6 heterocycles. The van der Waals surface area contributed by atoms with E-state index in [2.05, 4.69) is 39.9 Å². The fourth-order valence-corrected chi connectivity index (χ4v) is 13.2. The number of aromatic amines is 1. The molecule has 13 heteroatoms. The zero-order valence-corrected chi connectivity index (χ0v) is 35.3. The van der Waals surface area contributed by atoms with Crippen LogP contribution in [0.2, 0.25) is 0 Å². The number of nitrogens with one attached hydrogen (secondary N) is 1. The van der Waals surface area contributed by atoms with Gasteiger partial charge in [0.05, 0.1) is 33.0 Å². The number of aliphatic hydroxyl groups is 2. The van der Waals surface area contributed by atoms with Crippen LogP contribution in [0.1, 0.15) is 75.3 Å². The van der Waals surface area contributed by atoms with Gasteiger partial charge in [0.15, 0.2) is 6.10 Å². The van der Waals surface area contributed by atoms with Gasteiger partial charge in [0.2, 0.25) is 5.60 Å². The van der Waals surface area contributed by atoms with Crippen LogP contribution in [0.15, 0.2) is 48.0 Å². The molecule has 3 N–H and O–H groups in total. The minimum absolute atomic E-state index is 0.0951. The summed E-state index contributed by atoms with van der Waals surface area (Å²) in [7, 11) is 6.16. The van der Waals surface area contributed by atoms with Gasteiger partial charge in [-0.05, 0) is 74.2 Å². The van der Waals surface area contributed by atoms with Crippen LogP contribution in [0.4, 0.5) is 5.69 Å². The SMILES string of the molecule is CCC1=CCN2CC[C@]34c5cc([C@@]6(C(=O)OC)C[C@@H]7CN(CCc8c6[nH]c6ccccc86)C[C@](O)(CC)C7)c(OC)cc5N(C)[C@H]3[C@@](O)(C(=O)OC)[C@H](OC(C)=O)C1[C@H]24. The zero-order chi connectivity index (χ0) is 41.8. The normalized spacial score (nSPS) is 35.9. The van der Waals surface area contributed by atoms with E-state index in [1.807, 2.05) is 43.1 Å². The van der Waals surface area contributed by atoms with Gasteiger partial charge in [0.25, 0.3) is 0 Å². The number of likely N-dealkylation sites (N-methyl/N-ethyl adjacent to an activating group) is 1. The van der Waals surface area contributed by atoms with E-state index in [-0.39, 0.29) is 12.0 Å². The Balaban J connectivity index is 1.35. The van der Waals surface area contributed by atoms with Crippen molar-refractivity contribution in [3.63, 3.8) is 0 Å². The number of ether oxygens (including phenoxy) is 4. The van der Waals surface area contributed by atoms with Crippen LogP contribution in [0.25, 0.3) is 10.9 Å². The van der Waals surface area contributed by atoms with Crippen molar-refractivity contribution in [2.24, 2.45) is 11.8 Å². The first-order valence-electron chi connectivity index (χ1n) is 21.3. The maximum Gasteiger partial charge on any atom is 0.344 e. The number of esters is 3. The summed E-state index contributed by atoms with van der Waals surface area (Å²) in [5.74, 6) is -2.06. The smallest absolute Gasteiger partial charge is 0.344 e. The highest BCUT2D eigenvalue weighted by Crippen LogP contribution is 2.65. The average Bonchev–Trinajstić information content (AvgIpc) is 3.89. The van der Waals surface area contributed by atoms with Gasteiger partial charge in [-0.2, -0.15) is 0 Å². The number of H-pyrrole nitrogens is 1. The molecular weight excluding hydrogens is 753 g/mol. The Bertz CT molecular complexity index is 2260. The lowest BCUT2D eigenvalue weighted by atomic mass is 9.52. The third-order valence-electron chi connectivity index (χ3n) is 15.4. The van der Waals surface area contributed by atoms with Crippen LogP contribution in [0.3, 0.4) is 0 Å². The molecule has 2 aromatic carbocycles. The van der Waals surface area contributed by atoms with Crippen LogP contribution in [0.5, 0.6) is 5.75 Å². The molecule has 3 aromatic rings. The molecule has 316 valence electrons. The Morgan fingerprint density at radius 1 is 0.983 bits per heavy atom. The van der Waals surface area contributed by atoms with E-state index in [4.69, 9.17) is 18.9 Å². The molecular formula is C46H58N4O9. The highest BCUT2D eigenvalue weighted by Gasteiger charge is 2.77. The van der Waals surface area contributed by atoms with E-state index in [1.54, 1.807) is 7.11 Å². The summed E-state index contributed by atoms with van der Waals surface area (Å²) < 4.78 is 23.9. The molecule has 13 nitrogen and oxygen atoms in total. The summed E-state index contributed by atoms with van der Waals surface area (Å²) in [5, 5.41) is 26.3. The van der Waals surface area contributed by atoms with E-state index in [0.717, 1.165) is 39.0 Å². The first kappa shape index (κ1) is 40.0. The third-order valence-corrected chi connectivity index (χ3v) is 15.4. The molecule has 2 unspecified atom stereocenters. The fourth-order valence-electron chi connectivity index (χ4n) is 13.2. The molecule has 9 rings (SSSR count). The third kappa shape index (κ3) is 5.39. The summed E-state index contributed by atoms with van der Waals surface area (Å²) >= 11 is 0. The number of benzene rings is 2. The Morgan fingerprint density at radius 2 is 1.75 bits per heavy atom. The van der Waals surface area contributed by atoms with Crippen LogP contribution in [0, 0.1) is 11.8 Å². The van der Waals surface area contributed by atoms with Gasteiger partial charge >= 0.3 is 17.9 Å². The lowest BCUT2D eigenvalue weighted by Gasteiger charge is -2.59. The first-order valence-corrected chi connectivity index (χ1v) is 21.3. The second-order valence-corrected chi connectivity index (χ2v) is 18.1. The van der Waals surface area contributed by atoms with E-state index in [9.17, 15) is 19.8 Å². The molecule has 1 aromatic heterocycles. The fraction of sp³-hybridized carbons (Fsp3) is 0.587. The number of rotatable bonds is 7. The van der Waals surface area contributed by atoms with Gasteiger partial charge in [0, 0.05) is 91.4 Å². The van der Waals surface area contributed by atoms with E-state index in [1.165, 1.54) is 21.1 Å². The number of carbonyl (C=O) groups excluding carboxylic acids is 3. The lowest BCUT2D eigenvalue weighted by Crippen LogP contribution is -2.78. The number of nitrogens with zero attached hydrogens (tertiary/aromatic N) is 3. The summed E-state index contributed by atoms with van der Waals surface area (Å²) in [6.45, 7) is 8.71. The van der Waals surface area contributed by atoms with Crippen molar-refractivity contribution in [1.82, 2.24) is 14.8 Å². The summed E-state index contributed by atoms with van der Waals surface area (Å²) in [4.78, 5) is 53.0. The number of hydrogen-bond acceptors (Lipinski definition) is 12. The van der Waals surface area contributed by atoms with Gasteiger partial charge in [-0.25, -0.2) is 4.79 Å². The molecule has 10 atom stereocenters. The minimum Gasteiger partial charge on any atom is -0.496 e. The Hall–Kier alpha value is -4.43. The number of anilines is 1. The topological polar surface area (TPSA) is 154 Å². The number of methoxy groups -OCH3 is 3. The van der Waals surface area contributed by atoms with Crippen LogP contribution in [-0.2, 0) is 45.8 Å². The second-order valence-electron chi connectivity index (χ2n) is 18.1. The monoisotopic (exact) mass is 810 g/mol. The van der Waals surface area contributed by atoms with E-state index >= 15 is 4.79 Å². The summed E-state index contributed by atoms with van der Waals surface area (Å²) in [6, 6.07) is 11.0. The maximum atomic E-state index is 15.3. The Morgan fingerprint density at radius 3 is 2.44 bits per heavy atom. The Labute approximate surface area is 345 Å². The molecule has 3 fully saturated rings. The summed E-state index contributed by atoms with van der Waals surface area (Å²) in [6.07, 6.45) is 4.23. The summed E-state index contributed by atoms with van der Waals surface area (Å²) in [5.41, 5.74) is 0.462. The van der Waals surface area contributed by atoms with Crippen LogP contribution >= 0.6 is 0 Å². The van der Waals surface area contributed by atoms with Crippen molar-refractivity contribution < 1.29 is 43.5 Å². The van der Waals surface area contributed by atoms with Crippen molar-refractivity contribution in [3.05, 3.63) is 70.4 Å². The van der Waals surface area contributed by atoms with Gasteiger partial charge in [0.1, 0.15) is 11.2 Å². The molecule has 5 aliphatic heterocycles. The number of hydrogen-bond donors (Lipinski definition) is 3. The van der Waals surface area contributed by atoms with Crippen LogP contribution < -0.4 is 9.64 Å². The largest absolute Gasteiger partial charge is 0.496 e. The molecule has 2 bridgehead atoms. The van der Waals surface area contributed by atoms with Crippen molar-refractivity contribution in [2.45, 2.75) is 99.5 Å². The molecule has 0 amide bonds. The van der Waals surface area contributed by atoms with Crippen molar-refractivity contribution in [2.75, 3.05) is 66.0 Å². The van der Waals surface area contributed by atoms with Crippen molar-refractivity contribution in [1.29, 1.82) is 0 Å². The highest BCUT2D eigenvalue weighted by molar-refractivity contribution is 5.95. The molecule has 1 aliphatic carbocycles. The minimum atomic E-state index is -2.27. The molecule has 1 saturated carbocycles. The highest BCUT2D eigenvalue weighted by atomic mass is 16.6. The van der Waals surface area contributed by atoms with Gasteiger partial charge in [-0.3, -0.25) is 19.4 Å². The van der Waals surface area contributed by atoms with Gasteiger partial charge in [-0.1, -0.05) is 43.7 Å². The molecule has 6 aliphatic rings. The zero-order valence-electron chi connectivity index (χ0n) is 35.3. The predicted octanol–water partition coefficient (Wildman–Crippen LogP) is 3.99. The van der Waals surface area contributed by atoms with Crippen LogP contribution in [-0.4, -0.2) is 133 Å². The Kier molecular flexibility index (Phi) is 9.54. The number of para-hydroxylation sites is 1. The van der Waals surface area contributed by atoms with Gasteiger partial charge < -0.3 is 39.0 Å². The quantitative estimate of drug-likeness (QED) is 0.180. The second kappa shape index (κ2) is 14.1. The lowest BCUT2D eigenvalue weighted by molar-refractivity contribution is -0.212. The standard InChI is InChI=1S/C46H58N4O9/c1-8-28-14-18-50-19-16-44-31-20-32(35(56-5)21-34(31)48(4)40(44)46(55,42(53)58-7)39(59-26(3)51)36(28)38(44)50)45(41(52)57-6)23-27-22-43(54,9-2)25-49(24-27)17-15-30-29-12-10-11-13-33(29)47-37(30)45/h10-14,20-21,27,36,38-40,47,54-55H,8-9,15-19,22-25H2,1-7H3/t27-,36?,38+,39-,40-,43+,44-,45+,46-/m1/s1. The van der Waals surface area contributed by atoms with E-state index < -0.39 is 58.0 Å². The van der Waals surface area contributed by atoms with Gasteiger partial charge in [-0.15, -0.1) is 0 Å². The predicted molar refractivity (Wildman–Crippen MR) is 220 cm³/mol. The molecule has 59 heavy (non-hydrogen) atoms. The molecule has 1 spiro atoms. The molecule has 0 radical (unpaired) electrons. The number of aromatic nitrogens is 1. The number of carbonyl (C=O) groups is 3. The van der Waals surface area contributed by atoms with Crippen molar-refractivity contribution in [3.8, 4) is 5.75 Å². The van der Waals surface area contributed by atoms with E-state index in [0.29, 0.717) is 82.6 Å². The average molecular weight is 811 g/mol. The number of piperidine rings is 1.